The number of benzene rings is 2. The molecule has 0 aliphatic rings. The molecule has 2 rings (SSSR count). The van der Waals surface area contributed by atoms with Gasteiger partial charge in [-0.1, -0.05) is 36.4 Å². The summed E-state index contributed by atoms with van der Waals surface area (Å²) in [5, 5.41) is 6.69. The number of guanidine groups is 1. The summed E-state index contributed by atoms with van der Waals surface area (Å²) in [4.78, 5) is 4.28. The molecule has 0 aliphatic carbocycles. The maximum Gasteiger partial charge on any atom is 0.191 e. The maximum atomic E-state index is 5.62. The van der Waals surface area contributed by atoms with Crippen LogP contribution >= 0.6 is 24.0 Å². The molecule has 0 saturated carbocycles. The highest BCUT2D eigenvalue weighted by molar-refractivity contribution is 14.0. The van der Waals surface area contributed by atoms with Crippen molar-refractivity contribution < 1.29 is 9.47 Å². The van der Waals surface area contributed by atoms with Crippen LogP contribution in [0.25, 0.3) is 0 Å². The van der Waals surface area contributed by atoms with Crippen LogP contribution in [-0.4, -0.2) is 33.3 Å². The first-order valence-corrected chi connectivity index (χ1v) is 9.05. The minimum absolute atomic E-state index is 0. The third-order valence-corrected chi connectivity index (χ3v) is 3.99. The molecular weight excluding hydrogens is 453 g/mol. The van der Waals surface area contributed by atoms with E-state index in [1.165, 1.54) is 5.56 Å². The second-order valence-electron chi connectivity index (χ2n) is 5.86. The summed E-state index contributed by atoms with van der Waals surface area (Å²) in [5.41, 5.74) is 2.47. The van der Waals surface area contributed by atoms with Crippen LogP contribution in [0.15, 0.2) is 53.5 Å². The van der Waals surface area contributed by atoms with E-state index in [9.17, 15) is 0 Å². The molecule has 2 N–H and O–H groups in total. The van der Waals surface area contributed by atoms with E-state index in [2.05, 4.69) is 39.9 Å². The van der Waals surface area contributed by atoms with Gasteiger partial charge in [0.1, 0.15) is 0 Å². The second-order valence-corrected chi connectivity index (χ2v) is 5.86. The Morgan fingerprint density at radius 3 is 2.44 bits per heavy atom. The average molecular weight is 483 g/mol. The Bertz CT molecular complexity index is 693. The fraction of sp³-hybridized carbons (Fsp3) is 0.381. The fourth-order valence-corrected chi connectivity index (χ4v) is 2.65. The van der Waals surface area contributed by atoms with Gasteiger partial charge in [-0.05, 0) is 43.0 Å². The highest BCUT2D eigenvalue weighted by atomic mass is 127. The number of aryl methyl sites for hydroxylation is 1. The first kappa shape index (κ1) is 23.1. The van der Waals surface area contributed by atoms with Crippen molar-refractivity contribution in [1.82, 2.24) is 10.6 Å². The minimum Gasteiger partial charge on any atom is -0.493 e. The molecule has 0 aromatic heterocycles. The van der Waals surface area contributed by atoms with Crippen molar-refractivity contribution >= 4 is 29.9 Å². The van der Waals surface area contributed by atoms with E-state index < -0.39 is 0 Å². The van der Waals surface area contributed by atoms with Gasteiger partial charge in [-0.25, -0.2) is 0 Å². The van der Waals surface area contributed by atoms with E-state index in [1.54, 1.807) is 14.2 Å². The quantitative estimate of drug-likeness (QED) is 0.245. The van der Waals surface area contributed by atoms with Gasteiger partial charge in [0.05, 0.1) is 13.7 Å². The molecule has 0 bridgehead atoms. The van der Waals surface area contributed by atoms with Gasteiger partial charge in [-0.3, -0.25) is 4.99 Å². The fourth-order valence-electron chi connectivity index (χ4n) is 2.65. The van der Waals surface area contributed by atoms with Crippen molar-refractivity contribution in [2.75, 3.05) is 27.3 Å². The number of ether oxygens (including phenoxy) is 2. The van der Waals surface area contributed by atoms with Crippen LogP contribution < -0.4 is 20.1 Å². The molecule has 2 aromatic rings. The smallest absolute Gasteiger partial charge is 0.191 e. The number of hydrogen-bond acceptors (Lipinski definition) is 3. The summed E-state index contributed by atoms with van der Waals surface area (Å²) in [7, 11) is 3.43. The van der Waals surface area contributed by atoms with Crippen molar-refractivity contribution in [3.63, 3.8) is 0 Å². The van der Waals surface area contributed by atoms with E-state index in [4.69, 9.17) is 9.47 Å². The Morgan fingerprint density at radius 1 is 1.00 bits per heavy atom. The average Bonchev–Trinajstić information content (AvgIpc) is 2.68. The van der Waals surface area contributed by atoms with Crippen molar-refractivity contribution in [3.8, 4) is 11.5 Å². The zero-order valence-corrected chi connectivity index (χ0v) is 18.7. The molecule has 27 heavy (non-hydrogen) atoms. The molecule has 0 aliphatic heterocycles. The predicted octanol–water partition coefficient (Wildman–Crippen LogP) is 4.01. The molecule has 6 heteroatoms. The molecule has 0 saturated heterocycles. The van der Waals surface area contributed by atoms with Gasteiger partial charge in [-0.2, -0.15) is 0 Å². The van der Waals surface area contributed by atoms with E-state index in [0.29, 0.717) is 13.2 Å². The topological polar surface area (TPSA) is 54.9 Å². The molecule has 2 aromatic carbocycles. The third kappa shape index (κ3) is 8.07. The zero-order chi connectivity index (χ0) is 18.6. The first-order chi connectivity index (χ1) is 12.8. The molecule has 0 spiro atoms. The van der Waals surface area contributed by atoms with E-state index in [-0.39, 0.29) is 24.0 Å². The normalized spacial score (nSPS) is 10.7. The van der Waals surface area contributed by atoms with Crippen LogP contribution in [0.4, 0.5) is 0 Å². The Labute approximate surface area is 179 Å². The van der Waals surface area contributed by atoms with E-state index in [1.807, 2.05) is 31.2 Å². The molecule has 148 valence electrons. The highest BCUT2D eigenvalue weighted by Gasteiger charge is 2.06. The summed E-state index contributed by atoms with van der Waals surface area (Å²) in [6.45, 7) is 4.12. The summed E-state index contributed by atoms with van der Waals surface area (Å²) in [6.07, 6.45) is 2.11. The lowest BCUT2D eigenvalue weighted by Gasteiger charge is -2.14. The summed E-state index contributed by atoms with van der Waals surface area (Å²) < 4.78 is 10.9. The van der Waals surface area contributed by atoms with Gasteiger partial charge < -0.3 is 20.1 Å². The Balaban J connectivity index is 0.00000364. The van der Waals surface area contributed by atoms with Gasteiger partial charge in [0.2, 0.25) is 0 Å². The van der Waals surface area contributed by atoms with Crippen LogP contribution in [0, 0.1) is 0 Å². The molecular formula is C21H30IN3O2. The van der Waals surface area contributed by atoms with Gasteiger partial charge in [0, 0.05) is 20.1 Å². The minimum atomic E-state index is 0. The van der Waals surface area contributed by atoms with Gasteiger partial charge >= 0.3 is 0 Å². The largest absolute Gasteiger partial charge is 0.493 e. The third-order valence-electron chi connectivity index (χ3n) is 3.99. The Kier molecular flexibility index (Phi) is 11.3. The number of aliphatic imine (C=N–C) groups is 1. The summed E-state index contributed by atoms with van der Waals surface area (Å²) in [6, 6.07) is 16.5. The number of methoxy groups -OCH3 is 1. The van der Waals surface area contributed by atoms with Crippen LogP contribution in [-0.2, 0) is 13.0 Å². The lowest BCUT2D eigenvalue weighted by molar-refractivity contribution is 0.310. The lowest BCUT2D eigenvalue weighted by Crippen LogP contribution is -2.37. The van der Waals surface area contributed by atoms with E-state index in [0.717, 1.165) is 42.4 Å². The second kappa shape index (κ2) is 13.2. The van der Waals surface area contributed by atoms with Crippen molar-refractivity contribution in [2.45, 2.75) is 26.3 Å². The van der Waals surface area contributed by atoms with Gasteiger partial charge in [0.25, 0.3) is 0 Å². The number of rotatable bonds is 9. The van der Waals surface area contributed by atoms with Gasteiger partial charge in [0.15, 0.2) is 17.5 Å². The van der Waals surface area contributed by atoms with Crippen molar-refractivity contribution in [2.24, 2.45) is 4.99 Å². The molecule has 0 amide bonds. The lowest BCUT2D eigenvalue weighted by atomic mass is 10.1. The van der Waals surface area contributed by atoms with Crippen molar-refractivity contribution in [3.05, 3.63) is 59.7 Å². The standard InChI is InChI=1S/C21H29N3O2.HI/c1-4-26-20-15-18(12-13-19(20)25-3)16-24-21(22-2)23-14-8-11-17-9-6-5-7-10-17;/h5-7,9-10,12-13,15H,4,8,11,14,16H2,1-3H3,(H2,22,23,24);1H. The first-order valence-electron chi connectivity index (χ1n) is 9.05. The van der Waals surface area contributed by atoms with Crippen LogP contribution in [0.1, 0.15) is 24.5 Å². The molecule has 0 heterocycles. The maximum absolute atomic E-state index is 5.62. The highest BCUT2D eigenvalue weighted by Crippen LogP contribution is 2.27. The molecule has 5 nitrogen and oxygen atoms in total. The number of nitrogens with one attached hydrogen (secondary N) is 2. The van der Waals surface area contributed by atoms with Gasteiger partial charge in [-0.15, -0.1) is 24.0 Å². The monoisotopic (exact) mass is 483 g/mol. The number of hydrogen-bond donors (Lipinski definition) is 2. The molecule has 0 fully saturated rings. The van der Waals surface area contributed by atoms with Crippen molar-refractivity contribution in [1.29, 1.82) is 0 Å². The molecule has 0 unspecified atom stereocenters. The SMILES string of the molecule is CCOc1cc(CNC(=NC)NCCCc2ccccc2)ccc1OC.I. The van der Waals surface area contributed by atoms with E-state index >= 15 is 0 Å². The zero-order valence-electron chi connectivity index (χ0n) is 16.3. The van der Waals surface area contributed by atoms with Crippen LogP contribution in [0.5, 0.6) is 11.5 Å². The molecule has 0 radical (unpaired) electrons. The summed E-state index contributed by atoms with van der Waals surface area (Å²) >= 11 is 0. The van der Waals surface area contributed by atoms with Crippen LogP contribution in [0.2, 0.25) is 0 Å². The number of halogens is 1. The summed E-state index contributed by atoms with van der Waals surface area (Å²) in [5.74, 6) is 2.31. The predicted molar refractivity (Wildman–Crippen MR) is 123 cm³/mol. The Morgan fingerprint density at radius 2 is 1.78 bits per heavy atom. The van der Waals surface area contributed by atoms with Crippen LogP contribution in [0.3, 0.4) is 0 Å². The molecule has 0 atom stereocenters. The number of nitrogens with zero attached hydrogens (tertiary/aromatic N) is 1. The Hall–Kier alpha value is -1.96.